The van der Waals surface area contributed by atoms with Crippen molar-refractivity contribution >= 4 is 35.0 Å². The number of aryl methyl sites for hydroxylation is 1. The number of carbonyl (C=O) groups is 1. The third-order valence-corrected chi connectivity index (χ3v) is 6.45. The topological polar surface area (TPSA) is 86.8 Å². The van der Waals surface area contributed by atoms with Gasteiger partial charge in [-0.15, -0.1) is 0 Å². The molecule has 0 unspecified atom stereocenters. The molecule has 0 saturated carbocycles. The van der Waals surface area contributed by atoms with Gasteiger partial charge in [-0.2, -0.15) is 5.10 Å². The minimum atomic E-state index is -0.851. The van der Waals surface area contributed by atoms with Gasteiger partial charge in [0.25, 0.3) is 0 Å². The van der Waals surface area contributed by atoms with Gasteiger partial charge < -0.3 is 10.2 Å². The first-order valence-electron chi connectivity index (χ1n) is 11.1. The average Bonchev–Trinajstić information content (AvgIpc) is 3.18. The van der Waals surface area contributed by atoms with Gasteiger partial charge in [-0.25, -0.2) is 18.7 Å². The molecule has 5 rings (SSSR count). The van der Waals surface area contributed by atoms with Crippen LogP contribution in [0, 0.1) is 18.6 Å². The van der Waals surface area contributed by atoms with E-state index < -0.39 is 23.0 Å². The SMILES string of the molecule is Cc1cc(Nc2cc(N3CCC3)nc(Sc3ccc(CC(=O)c4c(F)cccc4F)cc3)n2)n[nH]1. The summed E-state index contributed by atoms with van der Waals surface area (Å²) in [7, 11) is 0. The van der Waals surface area contributed by atoms with Gasteiger partial charge >= 0.3 is 0 Å². The molecule has 2 aromatic heterocycles. The Balaban J connectivity index is 1.32. The summed E-state index contributed by atoms with van der Waals surface area (Å²) in [6.07, 6.45) is 1.03. The van der Waals surface area contributed by atoms with E-state index in [4.69, 9.17) is 4.98 Å². The van der Waals surface area contributed by atoms with E-state index >= 15 is 0 Å². The first-order valence-corrected chi connectivity index (χ1v) is 11.9. The lowest BCUT2D eigenvalue weighted by atomic mass is 10.0. The molecule has 0 aliphatic carbocycles. The van der Waals surface area contributed by atoms with Crippen molar-refractivity contribution in [3.8, 4) is 0 Å². The molecule has 2 N–H and O–H groups in total. The lowest BCUT2D eigenvalue weighted by molar-refractivity contribution is 0.0985. The Hall–Kier alpha value is -3.79. The standard InChI is InChI=1S/C25H22F2N6OS/c1-15-12-22(32-31-15)28-21-14-23(33-10-3-11-33)30-25(29-21)35-17-8-6-16(7-9-17)13-20(34)24-18(26)4-2-5-19(24)27/h2,4-9,12,14H,3,10-11,13H2,1H3,(H2,28,29,30,31,32). The summed E-state index contributed by atoms with van der Waals surface area (Å²) >= 11 is 1.39. The molecule has 0 spiro atoms. The van der Waals surface area contributed by atoms with Crippen molar-refractivity contribution in [2.75, 3.05) is 23.3 Å². The fourth-order valence-electron chi connectivity index (χ4n) is 3.66. The van der Waals surface area contributed by atoms with Crippen LogP contribution < -0.4 is 10.2 Å². The summed E-state index contributed by atoms with van der Waals surface area (Å²) in [6, 6.07) is 14.4. The molecule has 3 heterocycles. The van der Waals surface area contributed by atoms with Gasteiger partial charge in [0.2, 0.25) is 0 Å². The third kappa shape index (κ3) is 5.32. The van der Waals surface area contributed by atoms with Gasteiger partial charge in [0.15, 0.2) is 16.8 Å². The smallest absolute Gasteiger partial charge is 0.196 e. The normalized spacial score (nSPS) is 12.9. The van der Waals surface area contributed by atoms with Crippen molar-refractivity contribution in [2.24, 2.45) is 0 Å². The second kappa shape index (κ2) is 9.83. The molecular formula is C25H22F2N6OS. The molecule has 4 aromatic rings. The highest BCUT2D eigenvalue weighted by Crippen LogP contribution is 2.30. The van der Waals surface area contributed by atoms with Crippen LogP contribution in [-0.4, -0.2) is 39.0 Å². The number of aromatic nitrogens is 4. The number of aromatic amines is 1. The largest absolute Gasteiger partial charge is 0.356 e. The molecule has 178 valence electrons. The van der Waals surface area contributed by atoms with E-state index in [1.807, 2.05) is 31.2 Å². The van der Waals surface area contributed by atoms with Gasteiger partial charge in [-0.3, -0.25) is 9.89 Å². The maximum atomic E-state index is 13.9. The molecule has 1 saturated heterocycles. The average molecular weight is 493 g/mol. The molecule has 10 heteroatoms. The molecule has 1 fully saturated rings. The van der Waals surface area contributed by atoms with Crippen LogP contribution in [0.25, 0.3) is 0 Å². The number of hydrogen-bond acceptors (Lipinski definition) is 7. The summed E-state index contributed by atoms with van der Waals surface area (Å²) in [5, 5.41) is 10.9. The Bertz CT molecular complexity index is 1350. The van der Waals surface area contributed by atoms with Crippen LogP contribution in [0.15, 0.2) is 64.6 Å². The molecule has 35 heavy (non-hydrogen) atoms. The minimum Gasteiger partial charge on any atom is -0.356 e. The molecule has 1 aliphatic rings. The Morgan fingerprint density at radius 3 is 2.43 bits per heavy atom. The molecular weight excluding hydrogens is 470 g/mol. The summed E-state index contributed by atoms with van der Waals surface area (Å²) in [5.41, 5.74) is 1.10. The maximum Gasteiger partial charge on any atom is 0.196 e. The number of halogens is 2. The van der Waals surface area contributed by atoms with Crippen LogP contribution in [0.3, 0.4) is 0 Å². The fourth-order valence-corrected chi connectivity index (χ4v) is 4.43. The molecule has 0 radical (unpaired) electrons. The lowest BCUT2D eigenvalue weighted by Gasteiger charge is -2.32. The van der Waals surface area contributed by atoms with Crippen LogP contribution in [0.2, 0.25) is 0 Å². The van der Waals surface area contributed by atoms with Crippen molar-refractivity contribution < 1.29 is 13.6 Å². The number of hydrogen-bond donors (Lipinski definition) is 2. The van der Waals surface area contributed by atoms with Gasteiger partial charge in [-0.05, 0) is 54.9 Å². The van der Waals surface area contributed by atoms with Crippen LogP contribution in [0.4, 0.5) is 26.2 Å². The minimum absolute atomic E-state index is 0.0963. The van der Waals surface area contributed by atoms with Crippen molar-refractivity contribution in [3.63, 3.8) is 0 Å². The number of nitrogens with zero attached hydrogens (tertiary/aromatic N) is 4. The Labute approximate surface area is 205 Å². The monoisotopic (exact) mass is 492 g/mol. The number of nitrogens with one attached hydrogen (secondary N) is 2. The van der Waals surface area contributed by atoms with Crippen molar-refractivity contribution in [1.29, 1.82) is 0 Å². The molecule has 7 nitrogen and oxygen atoms in total. The van der Waals surface area contributed by atoms with Gasteiger partial charge in [0, 0.05) is 42.2 Å². The van der Waals surface area contributed by atoms with Crippen molar-refractivity contribution in [1.82, 2.24) is 20.2 Å². The van der Waals surface area contributed by atoms with E-state index in [-0.39, 0.29) is 6.42 Å². The van der Waals surface area contributed by atoms with E-state index in [2.05, 4.69) is 25.4 Å². The van der Waals surface area contributed by atoms with Crippen molar-refractivity contribution in [3.05, 3.63) is 83.1 Å². The second-order valence-electron chi connectivity index (χ2n) is 8.24. The number of benzene rings is 2. The first-order chi connectivity index (χ1) is 16.9. The first kappa shape index (κ1) is 23.0. The van der Waals surface area contributed by atoms with Crippen LogP contribution in [0.5, 0.6) is 0 Å². The molecule has 0 amide bonds. The van der Waals surface area contributed by atoms with Gasteiger partial charge in [-0.1, -0.05) is 18.2 Å². The van der Waals surface area contributed by atoms with Crippen LogP contribution in [-0.2, 0) is 6.42 Å². The van der Waals surface area contributed by atoms with E-state index in [1.54, 1.807) is 12.1 Å². The predicted octanol–water partition coefficient (Wildman–Crippen LogP) is 5.32. The third-order valence-electron chi connectivity index (χ3n) is 5.57. The second-order valence-corrected chi connectivity index (χ2v) is 9.28. The van der Waals surface area contributed by atoms with E-state index in [9.17, 15) is 13.6 Å². The molecule has 0 bridgehead atoms. The van der Waals surface area contributed by atoms with E-state index in [0.29, 0.717) is 22.4 Å². The van der Waals surface area contributed by atoms with E-state index in [0.717, 1.165) is 48.1 Å². The lowest BCUT2D eigenvalue weighted by Crippen LogP contribution is -2.37. The maximum absolute atomic E-state index is 13.9. The van der Waals surface area contributed by atoms with E-state index in [1.165, 1.54) is 17.8 Å². The Morgan fingerprint density at radius 2 is 1.80 bits per heavy atom. The molecule has 0 atom stereocenters. The van der Waals surface area contributed by atoms with Crippen molar-refractivity contribution in [2.45, 2.75) is 29.8 Å². The van der Waals surface area contributed by atoms with Gasteiger partial charge in [0.1, 0.15) is 23.3 Å². The number of anilines is 3. The highest BCUT2D eigenvalue weighted by atomic mass is 32.2. The fraction of sp³-hybridized carbons (Fsp3) is 0.200. The van der Waals surface area contributed by atoms with Gasteiger partial charge in [0.05, 0.1) is 5.56 Å². The quantitative estimate of drug-likeness (QED) is 0.254. The number of H-pyrrole nitrogens is 1. The van der Waals surface area contributed by atoms with Crippen LogP contribution >= 0.6 is 11.8 Å². The highest BCUT2D eigenvalue weighted by Gasteiger charge is 2.19. The summed E-state index contributed by atoms with van der Waals surface area (Å²) in [5.74, 6) is -0.141. The number of rotatable bonds is 8. The molecule has 1 aliphatic heterocycles. The Morgan fingerprint density at radius 1 is 1.06 bits per heavy atom. The van der Waals surface area contributed by atoms with Crippen LogP contribution in [0.1, 0.15) is 28.0 Å². The zero-order chi connectivity index (χ0) is 24.4. The number of Topliss-reactive ketones (excluding diaryl/α,β-unsaturated/α-hetero) is 1. The zero-order valence-corrected chi connectivity index (χ0v) is 19.7. The molecule has 2 aromatic carbocycles. The summed E-state index contributed by atoms with van der Waals surface area (Å²) in [4.78, 5) is 24.8. The summed E-state index contributed by atoms with van der Waals surface area (Å²) < 4.78 is 27.8. The highest BCUT2D eigenvalue weighted by molar-refractivity contribution is 7.99. The zero-order valence-electron chi connectivity index (χ0n) is 18.9. The Kier molecular flexibility index (Phi) is 6.45. The summed E-state index contributed by atoms with van der Waals surface area (Å²) in [6.45, 7) is 3.83. The predicted molar refractivity (Wildman–Crippen MR) is 130 cm³/mol. The number of carbonyl (C=O) groups excluding carboxylic acids is 1. The number of ketones is 1.